The summed E-state index contributed by atoms with van der Waals surface area (Å²) < 4.78 is 1.45. The predicted octanol–water partition coefficient (Wildman–Crippen LogP) is 2.92. The zero-order valence-corrected chi connectivity index (χ0v) is 11.6. The lowest BCUT2D eigenvalue weighted by molar-refractivity contribution is -0.385. The number of aromatic nitrogens is 2. The van der Waals surface area contributed by atoms with Crippen LogP contribution in [0, 0.1) is 17.0 Å². The molecule has 1 aromatic carbocycles. The first-order chi connectivity index (χ1) is 10.5. The number of pyridine rings is 1. The van der Waals surface area contributed by atoms with E-state index in [-0.39, 0.29) is 17.1 Å². The Hall–Kier alpha value is -3.22. The Morgan fingerprint density at radius 3 is 2.77 bits per heavy atom. The van der Waals surface area contributed by atoms with Crippen LogP contribution in [0.1, 0.15) is 16.1 Å². The number of imidazole rings is 1. The van der Waals surface area contributed by atoms with Crippen molar-refractivity contribution in [3.05, 3.63) is 64.0 Å². The molecule has 0 bridgehead atoms. The summed E-state index contributed by atoms with van der Waals surface area (Å²) in [6.45, 7) is 1.63. The molecule has 2 heterocycles. The van der Waals surface area contributed by atoms with Crippen molar-refractivity contribution in [3.8, 4) is 11.3 Å². The van der Waals surface area contributed by atoms with Crippen molar-refractivity contribution in [3.63, 3.8) is 0 Å². The molecule has 0 unspecified atom stereocenters. The molecule has 7 heteroatoms. The van der Waals surface area contributed by atoms with Gasteiger partial charge in [-0.1, -0.05) is 18.2 Å². The monoisotopic (exact) mass is 297 g/mol. The number of hydrogen-bond donors (Lipinski definition) is 1. The maximum Gasteiger partial charge on any atom is 0.355 e. The smallest absolute Gasteiger partial charge is 0.355 e. The number of rotatable bonds is 3. The van der Waals surface area contributed by atoms with Crippen molar-refractivity contribution in [1.82, 2.24) is 9.38 Å². The van der Waals surface area contributed by atoms with E-state index in [1.165, 1.54) is 10.5 Å². The van der Waals surface area contributed by atoms with Crippen LogP contribution >= 0.6 is 0 Å². The molecule has 0 saturated carbocycles. The SMILES string of the molecule is Cc1ccc(-c2nc3ccccn3c2C(=O)O)cc1[N+](=O)[O-]. The van der Waals surface area contributed by atoms with Crippen molar-refractivity contribution >= 4 is 17.3 Å². The van der Waals surface area contributed by atoms with Gasteiger partial charge >= 0.3 is 5.97 Å². The predicted molar refractivity (Wildman–Crippen MR) is 79.0 cm³/mol. The molecule has 2 aromatic heterocycles. The zero-order chi connectivity index (χ0) is 15.9. The standard InChI is InChI=1S/C15H11N3O4/c1-9-5-6-10(8-11(9)18(21)22)13-14(15(19)20)17-7-3-2-4-12(17)16-13/h2-8H,1H3,(H,19,20). The van der Waals surface area contributed by atoms with Crippen molar-refractivity contribution in [2.75, 3.05) is 0 Å². The molecule has 22 heavy (non-hydrogen) atoms. The summed E-state index contributed by atoms with van der Waals surface area (Å²) in [7, 11) is 0. The van der Waals surface area contributed by atoms with Crippen molar-refractivity contribution in [1.29, 1.82) is 0 Å². The molecule has 1 N–H and O–H groups in total. The Kier molecular flexibility index (Phi) is 3.10. The summed E-state index contributed by atoms with van der Waals surface area (Å²) in [6, 6.07) is 9.69. The minimum Gasteiger partial charge on any atom is -0.476 e. The van der Waals surface area contributed by atoms with Crippen LogP contribution in [0.3, 0.4) is 0 Å². The molecule has 0 amide bonds. The van der Waals surface area contributed by atoms with Gasteiger partial charge in [-0.05, 0) is 19.1 Å². The van der Waals surface area contributed by atoms with Crippen LogP contribution < -0.4 is 0 Å². The number of aromatic carboxylic acids is 1. The number of nitro groups is 1. The highest BCUT2D eigenvalue weighted by Crippen LogP contribution is 2.29. The maximum atomic E-state index is 11.6. The summed E-state index contributed by atoms with van der Waals surface area (Å²) >= 11 is 0. The molecule has 0 atom stereocenters. The van der Waals surface area contributed by atoms with Gasteiger partial charge in [0.25, 0.3) is 5.69 Å². The van der Waals surface area contributed by atoms with Gasteiger partial charge in [-0.25, -0.2) is 9.78 Å². The first-order valence-corrected chi connectivity index (χ1v) is 6.45. The molecule has 3 rings (SSSR count). The Balaban J connectivity index is 2.31. The number of carboxylic acid groups (broad SMARTS) is 1. The summed E-state index contributed by atoms with van der Waals surface area (Å²) in [4.78, 5) is 26.4. The molecule has 0 saturated heterocycles. The summed E-state index contributed by atoms with van der Waals surface area (Å²) in [5.41, 5.74) is 1.51. The Labute approximate surface area is 124 Å². The van der Waals surface area contributed by atoms with Crippen LogP contribution in [0.15, 0.2) is 42.6 Å². The molecule has 0 spiro atoms. The summed E-state index contributed by atoms with van der Waals surface area (Å²) in [5.74, 6) is -1.14. The second-order valence-corrected chi connectivity index (χ2v) is 4.80. The van der Waals surface area contributed by atoms with E-state index in [0.29, 0.717) is 16.8 Å². The summed E-state index contributed by atoms with van der Waals surface area (Å²) in [6.07, 6.45) is 1.60. The topological polar surface area (TPSA) is 97.7 Å². The Morgan fingerprint density at radius 2 is 2.09 bits per heavy atom. The van der Waals surface area contributed by atoms with E-state index in [2.05, 4.69) is 4.98 Å². The molecule has 0 fully saturated rings. The third-order valence-corrected chi connectivity index (χ3v) is 3.41. The molecule has 7 nitrogen and oxygen atoms in total. The molecule has 110 valence electrons. The largest absolute Gasteiger partial charge is 0.476 e. The van der Waals surface area contributed by atoms with Crippen LogP contribution in [0.2, 0.25) is 0 Å². The number of benzene rings is 1. The Bertz CT molecular complexity index is 914. The fourth-order valence-corrected chi connectivity index (χ4v) is 2.35. The zero-order valence-electron chi connectivity index (χ0n) is 11.6. The van der Waals surface area contributed by atoms with Gasteiger partial charge in [0.15, 0.2) is 5.69 Å². The average Bonchev–Trinajstić information content (AvgIpc) is 2.86. The van der Waals surface area contributed by atoms with E-state index >= 15 is 0 Å². The Morgan fingerprint density at radius 1 is 1.32 bits per heavy atom. The number of nitrogens with zero attached hydrogens (tertiary/aromatic N) is 3. The normalized spacial score (nSPS) is 10.8. The fourth-order valence-electron chi connectivity index (χ4n) is 2.35. The van der Waals surface area contributed by atoms with Gasteiger partial charge < -0.3 is 5.11 Å². The first-order valence-electron chi connectivity index (χ1n) is 6.45. The highest BCUT2D eigenvalue weighted by molar-refractivity contribution is 5.95. The molecule has 0 aliphatic carbocycles. The number of carboxylic acids is 1. The molecule has 0 aliphatic rings. The minimum absolute atomic E-state index is 0.0197. The number of carbonyl (C=O) groups is 1. The molecule has 3 aromatic rings. The lowest BCUT2D eigenvalue weighted by atomic mass is 10.1. The van der Waals surface area contributed by atoms with Gasteiger partial charge in [0.05, 0.1) is 4.92 Å². The maximum absolute atomic E-state index is 11.6. The number of aryl methyl sites for hydroxylation is 1. The first kappa shape index (κ1) is 13.7. The van der Waals surface area contributed by atoms with E-state index in [1.807, 2.05) is 0 Å². The van der Waals surface area contributed by atoms with Gasteiger partial charge in [0, 0.05) is 23.4 Å². The van der Waals surface area contributed by atoms with Gasteiger partial charge in [-0.3, -0.25) is 14.5 Å². The van der Waals surface area contributed by atoms with Gasteiger partial charge in [0.1, 0.15) is 11.3 Å². The van der Waals surface area contributed by atoms with E-state index in [9.17, 15) is 20.0 Å². The van der Waals surface area contributed by atoms with Crippen molar-refractivity contribution in [2.24, 2.45) is 0 Å². The van der Waals surface area contributed by atoms with Crippen LogP contribution in [-0.2, 0) is 0 Å². The van der Waals surface area contributed by atoms with Crippen LogP contribution in [0.25, 0.3) is 16.9 Å². The quantitative estimate of drug-likeness (QED) is 0.592. The number of hydrogen-bond acceptors (Lipinski definition) is 4. The highest BCUT2D eigenvalue weighted by atomic mass is 16.6. The fraction of sp³-hybridized carbons (Fsp3) is 0.0667. The lowest BCUT2D eigenvalue weighted by Crippen LogP contribution is -2.03. The third kappa shape index (κ3) is 2.08. The van der Waals surface area contributed by atoms with Crippen LogP contribution in [-0.4, -0.2) is 25.4 Å². The van der Waals surface area contributed by atoms with E-state index in [1.54, 1.807) is 43.5 Å². The highest BCUT2D eigenvalue weighted by Gasteiger charge is 2.21. The number of nitro benzene ring substituents is 1. The molecule has 0 aliphatic heterocycles. The van der Waals surface area contributed by atoms with Crippen LogP contribution in [0.5, 0.6) is 0 Å². The van der Waals surface area contributed by atoms with Crippen LogP contribution in [0.4, 0.5) is 5.69 Å². The van der Waals surface area contributed by atoms with Gasteiger partial charge in [0.2, 0.25) is 0 Å². The lowest BCUT2D eigenvalue weighted by Gasteiger charge is -2.02. The minimum atomic E-state index is -1.14. The van der Waals surface area contributed by atoms with E-state index in [4.69, 9.17) is 0 Å². The molecular weight excluding hydrogens is 286 g/mol. The van der Waals surface area contributed by atoms with Crippen molar-refractivity contribution in [2.45, 2.75) is 6.92 Å². The second-order valence-electron chi connectivity index (χ2n) is 4.80. The second kappa shape index (κ2) is 4.96. The number of fused-ring (bicyclic) bond motifs is 1. The molecule has 0 radical (unpaired) electrons. The average molecular weight is 297 g/mol. The summed E-state index contributed by atoms with van der Waals surface area (Å²) in [5, 5.41) is 20.5. The van der Waals surface area contributed by atoms with Gasteiger partial charge in [-0.2, -0.15) is 0 Å². The van der Waals surface area contributed by atoms with E-state index in [0.717, 1.165) is 0 Å². The third-order valence-electron chi connectivity index (χ3n) is 3.41. The van der Waals surface area contributed by atoms with Crippen molar-refractivity contribution < 1.29 is 14.8 Å². The molecular formula is C15H11N3O4. The van der Waals surface area contributed by atoms with E-state index < -0.39 is 10.9 Å². The van der Waals surface area contributed by atoms with Gasteiger partial charge in [-0.15, -0.1) is 0 Å².